The van der Waals surface area contributed by atoms with E-state index in [0.717, 1.165) is 5.70 Å². The Bertz CT molecular complexity index is 155. The van der Waals surface area contributed by atoms with Crippen molar-refractivity contribution in [3.05, 3.63) is 24.6 Å². The molecule has 56 valence electrons. The van der Waals surface area contributed by atoms with E-state index in [9.17, 15) is 0 Å². The second kappa shape index (κ2) is 4.79. The zero-order valence-corrected chi connectivity index (χ0v) is 6.54. The Kier molecular flexibility index (Phi) is 4.29. The Morgan fingerprint density at radius 1 is 1.60 bits per heavy atom. The van der Waals surface area contributed by atoms with Crippen LogP contribution in [0.15, 0.2) is 29.5 Å². The topological polar surface area (TPSA) is 38.4 Å². The minimum atomic E-state index is 0.385. The lowest BCUT2D eigenvalue weighted by Gasteiger charge is -2.01. The van der Waals surface area contributed by atoms with Crippen molar-refractivity contribution in [3.63, 3.8) is 0 Å². The van der Waals surface area contributed by atoms with Crippen LogP contribution in [0.5, 0.6) is 0 Å². The fourth-order valence-electron chi connectivity index (χ4n) is 0.382. The maximum atomic E-state index is 5.59. The molecule has 10 heavy (non-hydrogen) atoms. The second-order valence-corrected chi connectivity index (χ2v) is 2.30. The molecule has 0 saturated carbocycles. The van der Waals surface area contributed by atoms with E-state index < -0.39 is 0 Å². The maximum absolute atomic E-state index is 5.59. The van der Waals surface area contributed by atoms with Crippen LogP contribution in [0.4, 0.5) is 0 Å². The molecule has 0 bridgehead atoms. The zero-order valence-electron chi connectivity index (χ0n) is 6.54. The van der Waals surface area contributed by atoms with Crippen LogP contribution in [0.25, 0.3) is 0 Å². The number of nitrogens with two attached hydrogens (primary N) is 1. The van der Waals surface area contributed by atoms with Crippen molar-refractivity contribution in [2.75, 3.05) is 0 Å². The second-order valence-electron chi connectivity index (χ2n) is 2.30. The highest BCUT2D eigenvalue weighted by molar-refractivity contribution is 5.72. The number of nitrogens with zero attached hydrogens (tertiary/aromatic N) is 1. The van der Waals surface area contributed by atoms with E-state index in [2.05, 4.69) is 11.6 Å². The van der Waals surface area contributed by atoms with Crippen LogP contribution in [0.1, 0.15) is 13.8 Å². The van der Waals surface area contributed by atoms with Gasteiger partial charge in [0.05, 0.1) is 0 Å². The van der Waals surface area contributed by atoms with Crippen LogP contribution in [0.2, 0.25) is 0 Å². The molecular formula is C8H14N2. The first-order valence-electron chi connectivity index (χ1n) is 3.28. The maximum Gasteiger partial charge on any atom is 0.0284 e. The number of rotatable bonds is 3. The molecule has 0 aliphatic rings. The summed E-state index contributed by atoms with van der Waals surface area (Å²) < 4.78 is 0. The van der Waals surface area contributed by atoms with Crippen molar-refractivity contribution in [3.8, 4) is 0 Å². The highest BCUT2D eigenvalue weighted by Crippen LogP contribution is 1.99. The van der Waals surface area contributed by atoms with Gasteiger partial charge < -0.3 is 5.73 Å². The number of hydrogen-bond acceptors (Lipinski definition) is 2. The van der Waals surface area contributed by atoms with Gasteiger partial charge in [-0.3, -0.25) is 4.99 Å². The smallest absolute Gasteiger partial charge is 0.0284 e. The molecule has 0 saturated heterocycles. The molecule has 0 atom stereocenters. The molecule has 0 radical (unpaired) electrons. The van der Waals surface area contributed by atoms with E-state index in [1.54, 1.807) is 12.3 Å². The van der Waals surface area contributed by atoms with Crippen molar-refractivity contribution < 1.29 is 0 Å². The lowest BCUT2D eigenvalue weighted by atomic mass is 10.1. The molecular weight excluding hydrogens is 124 g/mol. The molecule has 2 heteroatoms. The van der Waals surface area contributed by atoms with Crippen molar-refractivity contribution >= 4 is 6.21 Å². The summed E-state index contributed by atoms with van der Waals surface area (Å²) in [6.45, 7) is 7.50. The number of aliphatic imine (C=N–C) groups is 1. The van der Waals surface area contributed by atoms with E-state index in [4.69, 9.17) is 5.73 Å². The third-order valence-electron chi connectivity index (χ3n) is 1.13. The molecule has 0 rings (SSSR count). The van der Waals surface area contributed by atoms with Gasteiger partial charge in [-0.15, -0.1) is 0 Å². The first-order valence-corrected chi connectivity index (χ1v) is 3.28. The van der Waals surface area contributed by atoms with Gasteiger partial charge in [-0.05, 0) is 12.0 Å². The number of hydrogen-bond donors (Lipinski definition) is 1. The SMILES string of the molecule is C=C/N=C\C=C(/N)C(C)C. The normalized spacial score (nSPS) is 12.9. The van der Waals surface area contributed by atoms with Gasteiger partial charge in [-0.25, -0.2) is 0 Å². The van der Waals surface area contributed by atoms with Crippen molar-refractivity contribution in [2.24, 2.45) is 16.6 Å². The van der Waals surface area contributed by atoms with Gasteiger partial charge in [-0.2, -0.15) is 0 Å². The Balaban J connectivity index is 3.91. The molecule has 0 amide bonds. The summed E-state index contributed by atoms with van der Waals surface area (Å²) in [6, 6.07) is 0. The average molecular weight is 138 g/mol. The molecule has 2 N–H and O–H groups in total. The molecule has 2 nitrogen and oxygen atoms in total. The molecule has 0 heterocycles. The quantitative estimate of drug-likeness (QED) is 0.592. The van der Waals surface area contributed by atoms with E-state index in [1.807, 2.05) is 13.8 Å². The van der Waals surface area contributed by atoms with Gasteiger partial charge in [0.1, 0.15) is 0 Å². The standard InChI is InChI=1S/C8H14N2/c1-4-10-6-5-8(9)7(2)3/h4-7H,1,9H2,2-3H3/b8-5-,10-6-. The van der Waals surface area contributed by atoms with Gasteiger partial charge in [0.15, 0.2) is 0 Å². The summed E-state index contributed by atoms with van der Waals surface area (Å²) in [4.78, 5) is 3.78. The van der Waals surface area contributed by atoms with Crippen molar-refractivity contribution in [1.82, 2.24) is 0 Å². The monoisotopic (exact) mass is 138 g/mol. The molecule has 0 aliphatic carbocycles. The summed E-state index contributed by atoms with van der Waals surface area (Å²) in [5, 5.41) is 0. The van der Waals surface area contributed by atoms with Crippen LogP contribution >= 0.6 is 0 Å². The van der Waals surface area contributed by atoms with Gasteiger partial charge in [0.2, 0.25) is 0 Å². The van der Waals surface area contributed by atoms with E-state index in [-0.39, 0.29) is 0 Å². The minimum absolute atomic E-state index is 0.385. The van der Waals surface area contributed by atoms with Crippen LogP contribution in [-0.4, -0.2) is 6.21 Å². The predicted octanol–water partition coefficient (Wildman–Crippen LogP) is 1.70. The summed E-state index contributed by atoms with van der Waals surface area (Å²) in [5.41, 5.74) is 6.43. The lowest BCUT2D eigenvalue weighted by molar-refractivity contribution is 0.759. The van der Waals surface area contributed by atoms with E-state index >= 15 is 0 Å². The summed E-state index contributed by atoms with van der Waals surface area (Å²) in [6.07, 6.45) is 4.90. The molecule has 0 aliphatic heterocycles. The van der Waals surface area contributed by atoms with Crippen LogP contribution in [0.3, 0.4) is 0 Å². The summed E-state index contributed by atoms with van der Waals surface area (Å²) >= 11 is 0. The number of allylic oxidation sites excluding steroid dienone is 2. The molecule has 0 aromatic heterocycles. The highest BCUT2D eigenvalue weighted by Gasteiger charge is 1.92. The van der Waals surface area contributed by atoms with Gasteiger partial charge in [0, 0.05) is 18.1 Å². The van der Waals surface area contributed by atoms with Crippen LogP contribution in [0, 0.1) is 5.92 Å². The van der Waals surface area contributed by atoms with Crippen molar-refractivity contribution in [1.29, 1.82) is 0 Å². The Morgan fingerprint density at radius 3 is 2.60 bits per heavy atom. The lowest BCUT2D eigenvalue weighted by Crippen LogP contribution is -2.04. The predicted molar refractivity (Wildman–Crippen MR) is 45.8 cm³/mol. The largest absolute Gasteiger partial charge is 0.402 e. The Labute approximate surface area is 62.1 Å². The zero-order chi connectivity index (χ0) is 7.98. The van der Waals surface area contributed by atoms with Gasteiger partial charge in [0.25, 0.3) is 0 Å². The van der Waals surface area contributed by atoms with Gasteiger partial charge in [-0.1, -0.05) is 20.4 Å². The summed E-state index contributed by atoms with van der Waals surface area (Å²) in [5.74, 6) is 0.385. The minimum Gasteiger partial charge on any atom is -0.402 e. The van der Waals surface area contributed by atoms with Gasteiger partial charge >= 0.3 is 0 Å². The summed E-state index contributed by atoms with van der Waals surface area (Å²) in [7, 11) is 0. The Morgan fingerprint density at radius 2 is 2.20 bits per heavy atom. The third kappa shape index (κ3) is 3.89. The van der Waals surface area contributed by atoms with Crippen molar-refractivity contribution in [2.45, 2.75) is 13.8 Å². The highest BCUT2D eigenvalue weighted by atomic mass is 14.7. The molecule has 0 aromatic rings. The fourth-order valence-corrected chi connectivity index (χ4v) is 0.382. The average Bonchev–Trinajstić information content (AvgIpc) is 1.88. The molecule has 0 fully saturated rings. The van der Waals surface area contributed by atoms with Crippen LogP contribution in [-0.2, 0) is 0 Å². The van der Waals surface area contributed by atoms with Crippen LogP contribution < -0.4 is 5.73 Å². The third-order valence-corrected chi connectivity index (χ3v) is 1.13. The molecule has 0 unspecified atom stereocenters. The van der Waals surface area contributed by atoms with E-state index in [1.165, 1.54) is 6.20 Å². The van der Waals surface area contributed by atoms with E-state index in [0.29, 0.717) is 5.92 Å². The molecule has 0 spiro atoms. The Hall–Kier alpha value is -1.05. The first-order chi connectivity index (χ1) is 4.68. The molecule has 0 aromatic carbocycles. The fraction of sp³-hybridized carbons (Fsp3) is 0.375. The first kappa shape index (κ1) is 8.95.